The van der Waals surface area contributed by atoms with E-state index in [0.717, 1.165) is 43.5 Å². The number of unbranched alkanes of at least 4 members (excludes halogenated alkanes) is 1. The molecule has 1 atom stereocenters. The van der Waals surface area contributed by atoms with Crippen LogP contribution in [0, 0.1) is 0 Å². The number of fused-ring (bicyclic) bond motifs is 1. The van der Waals surface area contributed by atoms with Gasteiger partial charge in [0.1, 0.15) is 17.6 Å². The van der Waals surface area contributed by atoms with Crippen molar-refractivity contribution < 1.29 is 9.47 Å². The van der Waals surface area contributed by atoms with Crippen LogP contribution in [0.2, 0.25) is 0 Å². The molecule has 2 aliphatic rings. The van der Waals surface area contributed by atoms with Crippen molar-refractivity contribution in [2.75, 3.05) is 13.2 Å². The molecule has 0 aromatic heterocycles. The minimum Gasteiger partial charge on any atom is -0.494 e. The Bertz CT molecular complexity index is 482. The molecule has 0 amide bonds. The molecule has 3 rings (SSSR count). The first-order valence-corrected chi connectivity index (χ1v) is 8.45. The Hall–Kier alpha value is -1.22. The average Bonchev–Trinajstić information content (AvgIpc) is 3.20. The zero-order valence-corrected chi connectivity index (χ0v) is 13.3. The average molecular weight is 289 g/mol. The number of hydrogen-bond donors (Lipinski definition) is 1. The molecule has 1 saturated carbocycles. The molecule has 1 aliphatic heterocycles. The largest absolute Gasteiger partial charge is 0.494 e. The summed E-state index contributed by atoms with van der Waals surface area (Å²) >= 11 is 0. The highest BCUT2D eigenvalue weighted by molar-refractivity contribution is 5.48. The molecule has 1 heterocycles. The van der Waals surface area contributed by atoms with Gasteiger partial charge in [-0.2, -0.15) is 0 Å². The van der Waals surface area contributed by atoms with E-state index < -0.39 is 0 Å². The van der Waals surface area contributed by atoms with Crippen LogP contribution in [0.1, 0.15) is 50.7 Å². The molecular formula is C18H27NO2. The van der Waals surface area contributed by atoms with Crippen LogP contribution in [0.15, 0.2) is 12.1 Å². The first kappa shape index (κ1) is 14.7. The number of ether oxygens (including phenoxy) is 2. The van der Waals surface area contributed by atoms with Gasteiger partial charge in [0.2, 0.25) is 0 Å². The van der Waals surface area contributed by atoms with Crippen molar-refractivity contribution in [1.29, 1.82) is 0 Å². The van der Waals surface area contributed by atoms with E-state index >= 15 is 0 Å². The summed E-state index contributed by atoms with van der Waals surface area (Å²) in [6, 6.07) is 5.22. The molecular weight excluding hydrogens is 262 g/mol. The van der Waals surface area contributed by atoms with Gasteiger partial charge >= 0.3 is 0 Å². The maximum absolute atomic E-state index is 5.88. The van der Waals surface area contributed by atoms with Gasteiger partial charge in [0, 0.05) is 18.0 Å². The summed E-state index contributed by atoms with van der Waals surface area (Å²) in [7, 11) is 0. The summed E-state index contributed by atoms with van der Waals surface area (Å²) in [6.07, 6.45) is 7.55. The molecule has 116 valence electrons. The van der Waals surface area contributed by atoms with Gasteiger partial charge in [-0.15, -0.1) is 0 Å². The van der Waals surface area contributed by atoms with Crippen LogP contribution in [-0.2, 0) is 12.8 Å². The first-order chi connectivity index (χ1) is 10.3. The van der Waals surface area contributed by atoms with Crippen LogP contribution >= 0.6 is 0 Å². The first-order valence-electron chi connectivity index (χ1n) is 8.45. The molecule has 3 nitrogen and oxygen atoms in total. The Kier molecular flexibility index (Phi) is 4.69. The monoisotopic (exact) mass is 289 g/mol. The third-order valence-corrected chi connectivity index (χ3v) is 4.26. The molecule has 0 bridgehead atoms. The summed E-state index contributed by atoms with van der Waals surface area (Å²) in [6.45, 7) is 6.05. The van der Waals surface area contributed by atoms with E-state index in [-0.39, 0.29) is 0 Å². The van der Waals surface area contributed by atoms with Gasteiger partial charge in [-0.3, -0.25) is 0 Å². The van der Waals surface area contributed by atoms with Gasteiger partial charge in [0.15, 0.2) is 0 Å². The van der Waals surface area contributed by atoms with Crippen LogP contribution in [0.5, 0.6) is 11.5 Å². The number of hydrogen-bond acceptors (Lipinski definition) is 3. The lowest BCUT2D eigenvalue weighted by atomic mass is 10.0. The van der Waals surface area contributed by atoms with Crippen molar-refractivity contribution >= 4 is 0 Å². The van der Waals surface area contributed by atoms with E-state index in [2.05, 4.69) is 31.3 Å². The van der Waals surface area contributed by atoms with Gasteiger partial charge in [0.05, 0.1) is 6.61 Å². The molecule has 21 heavy (non-hydrogen) atoms. The molecule has 1 unspecified atom stereocenters. The lowest BCUT2D eigenvalue weighted by Crippen LogP contribution is -2.17. The van der Waals surface area contributed by atoms with Gasteiger partial charge < -0.3 is 14.8 Å². The van der Waals surface area contributed by atoms with E-state index in [1.54, 1.807) is 0 Å². The van der Waals surface area contributed by atoms with Crippen LogP contribution in [0.4, 0.5) is 0 Å². The van der Waals surface area contributed by atoms with Crippen LogP contribution in [0.3, 0.4) is 0 Å². The third kappa shape index (κ3) is 3.91. The van der Waals surface area contributed by atoms with E-state index in [1.807, 2.05) is 0 Å². The highest BCUT2D eigenvalue weighted by Crippen LogP contribution is 2.35. The Morgan fingerprint density at radius 1 is 1.29 bits per heavy atom. The lowest BCUT2D eigenvalue weighted by molar-refractivity contribution is 0.254. The Balaban J connectivity index is 1.57. The third-order valence-electron chi connectivity index (χ3n) is 4.26. The molecule has 0 saturated heterocycles. The second-order valence-corrected chi connectivity index (χ2v) is 6.32. The van der Waals surface area contributed by atoms with E-state index in [1.165, 1.54) is 36.8 Å². The maximum atomic E-state index is 5.88. The van der Waals surface area contributed by atoms with Crippen molar-refractivity contribution in [3.8, 4) is 11.5 Å². The van der Waals surface area contributed by atoms with Crippen molar-refractivity contribution in [2.24, 2.45) is 0 Å². The van der Waals surface area contributed by atoms with Crippen molar-refractivity contribution in [2.45, 2.75) is 64.5 Å². The van der Waals surface area contributed by atoms with E-state index in [4.69, 9.17) is 9.47 Å². The number of rotatable bonds is 8. The molecule has 1 N–H and O–H groups in total. The summed E-state index contributed by atoms with van der Waals surface area (Å²) in [5.41, 5.74) is 2.60. The molecule has 3 heteroatoms. The molecule has 1 fully saturated rings. The summed E-state index contributed by atoms with van der Waals surface area (Å²) < 4.78 is 11.7. The molecule has 1 aromatic carbocycles. The minimum atomic E-state index is 0.299. The van der Waals surface area contributed by atoms with Gasteiger partial charge in [0.25, 0.3) is 0 Å². The van der Waals surface area contributed by atoms with Gasteiger partial charge in [-0.05, 0) is 70.2 Å². The number of aryl methyl sites for hydroxylation is 1. The van der Waals surface area contributed by atoms with Crippen molar-refractivity contribution in [3.05, 3.63) is 23.3 Å². The summed E-state index contributed by atoms with van der Waals surface area (Å²) in [5, 5.41) is 3.57. The van der Waals surface area contributed by atoms with Crippen LogP contribution in [0.25, 0.3) is 0 Å². The van der Waals surface area contributed by atoms with Crippen molar-refractivity contribution in [1.82, 2.24) is 5.32 Å². The fourth-order valence-corrected chi connectivity index (χ4v) is 3.00. The molecule has 1 aliphatic carbocycles. The topological polar surface area (TPSA) is 30.5 Å². The summed E-state index contributed by atoms with van der Waals surface area (Å²) in [4.78, 5) is 0. The fourth-order valence-electron chi connectivity index (χ4n) is 3.00. The second kappa shape index (κ2) is 6.69. The zero-order valence-electron chi connectivity index (χ0n) is 13.3. The predicted molar refractivity (Wildman–Crippen MR) is 85.4 cm³/mol. The Labute approximate surface area is 128 Å². The van der Waals surface area contributed by atoms with Crippen LogP contribution < -0.4 is 14.8 Å². The van der Waals surface area contributed by atoms with Gasteiger partial charge in [-0.1, -0.05) is 0 Å². The van der Waals surface area contributed by atoms with Crippen LogP contribution in [-0.4, -0.2) is 25.3 Å². The highest BCUT2D eigenvalue weighted by Gasteiger charge is 2.22. The standard InChI is InChI=1S/C18H27NO2/c1-3-20-17-12-15-10-13(2)21-18(15)11-14(17)6-4-5-9-19-16-7-8-16/h11-13,16,19H,3-10H2,1-2H3. The minimum absolute atomic E-state index is 0.299. The fraction of sp³-hybridized carbons (Fsp3) is 0.667. The Morgan fingerprint density at radius 3 is 2.90 bits per heavy atom. The van der Waals surface area contributed by atoms with E-state index in [0.29, 0.717) is 6.10 Å². The quantitative estimate of drug-likeness (QED) is 0.743. The maximum Gasteiger partial charge on any atom is 0.123 e. The zero-order chi connectivity index (χ0) is 14.7. The normalized spacial score (nSPS) is 20.2. The predicted octanol–water partition coefficient (Wildman–Crippen LogP) is 3.48. The molecule has 0 radical (unpaired) electrons. The smallest absolute Gasteiger partial charge is 0.123 e. The molecule has 0 spiro atoms. The van der Waals surface area contributed by atoms with Crippen molar-refractivity contribution in [3.63, 3.8) is 0 Å². The SMILES string of the molecule is CCOc1cc2c(cc1CCCCNC1CC1)OC(C)C2. The highest BCUT2D eigenvalue weighted by atomic mass is 16.5. The molecule has 1 aromatic rings. The van der Waals surface area contributed by atoms with E-state index in [9.17, 15) is 0 Å². The second-order valence-electron chi connectivity index (χ2n) is 6.32. The Morgan fingerprint density at radius 2 is 2.14 bits per heavy atom. The lowest BCUT2D eigenvalue weighted by Gasteiger charge is -2.12. The summed E-state index contributed by atoms with van der Waals surface area (Å²) in [5.74, 6) is 2.13. The van der Waals surface area contributed by atoms with Gasteiger partial charge in [-0.25, -0.2) is 0 Å². The number of benzene rings is 1. The number of nitrogens with one attached hydrogen (secondary N) is 1.